The maximum Gasteiger partial charge on any atom is 0.197 e. The van der Waals surface area contributed by atoms with Crippen LogP contribution in [0.2, 0.25) is 0 Å². The van der Waals surface area contributed by atoms with E-state index in [2.05, 4.69) is 4.98 Å². The lowest BCUT2D eigenvalue weighted by Gasteiger charge is -2.21. The minimum atomic E-state index is -0.997. The zero-order valence-electron chi connectivity index (χ0n) is 6.63. The Labute approximate surface area is 81.5 Å². The highest BCUT2D eigenvalue weighted by molar-refractivity contribution is 6.29. The molecule has 0 bridgehead atoms. The molecule has 0 radical (unpaired) electrons. The van der Waals surface area contributed by atoms with E-state index in [1.807, 2.05) is 12.1 Å². The van der Waals surface area contributed by atoms with Crippen LogP contribution in [0.5, 0.6) is 0 Å². The van der Waals surface area contributed by atoms with Crippen molar-refractivity contribution in [3.05, 3.63) is 30.1 Å². The molecule has 1 rings (SSSR count). The molecule has 66 valence electrons. The van der Waals surface area contributed by atoms with Crippen LogP contribution in [-0.4, -0.2) is 18.0 Å². The monoisotopic (exact) mass is 205 g/mol. The molecule has 1 unspecified atom stereocenters. The van der Waals surface area contributed by atoms with Crippen LogP contribution < -0.4 is 0 Å². The second-order valence-electron chi connectivity index (χ2n) is 2.28. The van der Waals surface area contributed by atoms with Gasteiger partial charge in [0.25, 0.3) is 0 Å². The van der Waals surface area contributed by atoms with Gasteiger partial charge in [0.2, 0.25) is 0 Å². The van der Waals surface area contributed by atoms with Crippen molar-refractivity contribution < 1.29 is 4.74 Å². The fraction of sp³-hybridized carbons (Fsp3) is 0.375. The molecular formula is C8H9Cl2NO. The first-order valence-corrected chi connectivity index (χ1v) is 4.36. The number of alkyl halides is 2. The first-order chi connectivity index (χ1) is 5.73. The highest BCUT2D eigenvalue weighted by atomic mass is 35.5. The van der Waals surface area contributed by atoms with Crippen molar-refractivity contribution in [3.8, 4) is 0 Å². The predicted octanol–water partition coefficient (Wildman–Crippen LogP) is 2.36. The quantitative estimate of drug-likeness (QED) is 0.708. The van der Waals surface area contributed by atoms with Crippen LogP contribution in [0.15, 0.2) is 24.4 Å². The van der Waals surface area contributed by atoms with Crippen molar-refractivity contribution in [2.75, 3.05) is 13.0 Å². The van der Waals surface area contributed by atoms with E-state index < -0.39 is 5.06 Å². The first-order valence-electron chi connectivity index (χ1n) is 3.44. The van der Waals surface area contributed by atoms with Crippen molar-refractivity contribution in [2.45, 2.75) is 5.06 Å². The summed E-state index contributed by atoms with van der Waals surface area (Å²) in [6.07, 6.45) is 1.65. The summed E-state index contributed by atoms with van der Waals surface area (Å²) in [5, 5.41) is -0.997. The minimum absolute atomic E-state index is 0.169. The molecule has 0 amide bonds. The van der Waals surface area contributed by atoms with Crippen LogP contribution in [0.3, 0.4) is 0 Å². The number of nitrogens with zero attached hydrogens (tertiary/aromatic N) is 1. The third-order valence-electron chi connectivity index (χ3n) is 1.54. The summed E-state index contributed by atoms with van der Waals surface area (Å²) in [5.74, 6) is 0.169. The van der Waals surface area contributed by atoms with Crippen LogP contribution in [0.4, 0.5) is 0 Å². The molecule has 0 fully saturated rings. The van der Waals surface area contributed by atoms with Crippen molar-refractivity contribution >= 4 is 23.2 Å². The van der Waals surface area contributed by atoms with Gasteiger partial charge in [0.05, 0.1) is 11.6 Å². The molecule has 4 heteroatoms. The Hall–Kier alpha value is -0.310. The summed E-state index contributed by atoms with van der Waals surface area (Å²) in [7, 11) is 1.50. The van der Waals surface area contributed by atoms with Crippen LogP contribution in [-0.2, 0) is 9.80 Å². The second-order valence-corrected chi connectivity index (χ2v) is 3.16. The summed E-state index contributed by atoms with van der Waals surface area (Å²) in [6, 6.07) is 5.43. The Balaban J connectivity index is 2.95. The molecule has 2 nitrogen and oxygen atoms in total. The minimum Gasteiger partial charge on any atom is -0.356 e. The van der Waals surface area contributed by atoms with Crippen molar-refractivity contribution in [1.82, 2.24) is 4.98 Å². The molecule has 0 saturated heterocycles. The molecule has 0 aliphatic carbocycles. The topological polar surface area (TPSA) is 22.1 Å². The van der Waals surface area contributed by atoms with Gasteiger partial charge in [-0.1, -0.05) is 17.7 Å². The number of hydrogen-bond donors (Lipinski definition) is 0. The van der Waals surface area contributed by atoms with Crippen LogP contribution in [0, 0.1) is 0 Å². The molecule has 0 aliphatic rings. The smallest absolute Gasteiger partial charge is 0.197 e. The normalized spacial score (nSPS) is 15.6. The van der Waals surface area contributed by atoms with Gasteiger partial charge in [-0.15, -0.1) is 11.6 Å². The van der Waals surface area contributed by atoms with E-state index in [9.17, 15) is 0 Å². The Bertz CT molecular complexity index is 236. The van der Waals surface area contributed by atoms with E-state index in [1.165, 1.54) is 7.11 Å². The van der Waals surface area contributed by atoms with Crippen LogP contribution >= 0.6 is 23.2 Å². The summed E-state index contributed by atoms with van der Waals surface area (Å²) in [4.78, 5) is 4.05. The van der Waals surface area contributed by atoms with Gasteiger partial charge in [0.1, 0.15) is 0 Å². The molecule has 0 aromatic carbocycles. The molecule has 0 N–H and O–H groups in total. The standard InChI is InChI=1S/C8H9Cl2NO/c1-12-8(10,6-9)7-4-2-3-5-11-7/h2-5H,6H2,1H3. The third-order valence-corrected chi connectivity index (χ3v) is 2.54. The van der Waals surface area contributed by atoms with Gasteiger partial charge >= 0.3 is 0 Å². The van der Waals surface area contributed by atoms with E-state index in [-0.39, 0.29) is 5.88 Å². The van der Waals surface area contributed by atoms with Gasteiger partial charge < -0.3 is 4.74 Å². The molecule has 1 aromatic rings. The zero-order chi connectivity index (χ0) is 9.03. The molecule has 0 saturated carbocycles. The van der Waals surface area contributed by atoms with Crippen molar-refractivity contribution in [3.63, 3.8) is 0 Å². The van der Waals surface area contributed by atoms with Gasteiger partial charge in [-0.3, -0.25) is 4.98 Å². The fourth-order valence-electron chi connectivity index (χ4n) is 0.811. The van der Waals surface area contributed by atoms with Crippen LogP contribution in [0.1, 0.15) is 5.69 Å². The van der Waals surface area contributed by atoms with Gasteiger partial charge in [0.15, 0.2) is 5.06 Å². The van der Waals surface area contributed by atoms with E-state index in [0.717, 1.165) is 0 Å². The number of halogens is 2. The summed E-state index contributed by atoms with van der Waals surface area (Å²) >= 11 is 11.7. The first kappa shape index (κ1) is 9.78. The molecule has 12 heavy (non-hydrogen) atoms. The third kappa shape index (κ3) is 1.89. The lowest BCUT2D eigenvalue weighted by atomic mass is 10.2. The van der Waals surface area contributed by atoms with Gasteiger partial charge in [-0.25, -0.2) is 0 Å². The summed E-state index contributed by atoms with van der Waals surface area (Å²) in [5.41, 5.74) is 0.629. The number of ether oxygens (including phenoxy) is 1. The number of pyridine rings is 1. The maximum atomic E-state index is 6.02. The second kappa shape index (κ2) is 4.08. The molecule has 0 spiro atoms. The highest BCUT2D eigenvalue weighted by Crippen LogP contribution is 2.29. The molecule has 0 aliphatic heterocycles. The van der Waals surface area contributed by atoms with Gasteiger partial charge in [0, 0.05) is 13.3 Å². The van der Waals surface area contributed by atoms with Crippen molar-refractivity contribution in [2.24, 2.45) is 0 Å². The van der Waals surface area contributed by atoms with Crippen LogP contribution in [0.25, 0.3) is 0 Å². The number of hydrogen-bond acceptors (Lipinski definition) is 2. The Morgan fingerprint density at radius 1 is 1.58 bits per heavy atom. The molecule has 1 atom stereocenters. The number of aromatic nitrogens is 1. The predicted molar refractivity (Wildman–Crippen MR) is 49.5 cm³/mol. The van der Waals surface area contributed by atoms with Gasteiger partial charge in [-0.2, -0.15) is 0 Å². The zero-order valence-corrected chi connectivity index (χ0v) is 8.14. The largest absolute Gasteiger partial charge is 0.356 e. The van der Waals surface area contributed by atoms with E-state index >= 15 is 0 Å². The molecule has 1 heterocycles. The average Bonchev–Trinajstić information content (AvgIpc) is 2.18. The average molecular weight is 206 g/mol. The van der Waals surface area contributed by atoms with E-state index in [4.69, 9.17) is 27.9 Å². The SMILES string of the molecule is COC(Cl)(CCl)c1ccccn1. The molecule has 1 aromatic heterocycles. The Kier molecular flexibility index (Phi) is 3.32. The summed E-state index contributed by atoms with van der Waals surface area (Å²) in [6.45, 7) is 0. The number of rotatable bonds is 3. The summed E-state index contributed by atoms with van der Waals surface area (Å²) < 4.78 is 5.04. The van der Waals surface area contributed by atoms with Crippen molar-refractivity contribution in [1.29, 1.82) is 0 Å². The van der Waals surface area contributed by atoms with Gasteiger partial charge in [-0.05, 0) is 12.1 Å². The highest BCUT2D eigenvalue weighted by Gasteiger charge is 2.29. The Morgan fingerprint density at radius 2 is 2.33 bits per heavy atom. The molecular weight excluding hydrogens is 197 g/mol. The van der Waals surface area contributed by atoms with E-state index in [1.54, 1.807) is 12.3 Å². The number of methoxy groups -OCH3 is 1. The maximum absolute atomic E-state index is 6.02. The lowest BCUT2D eigenvalue weighted by molar-refractivity contribution is 0.0779. The lowest BCUT2D eigenvalue weighted by Crippen LogP contribution is -2.24. The van der Waals surface area contributed by atoms with E-state index in [0.29, 0.717) is 5.69 Å². The Morgan fingerprint density at radius 3 is 2.75 bits per heavy atom. The fourth-order valence-corrected chi connectivity index (χ4v) is 1.17.